The fraction of sp³-hybridized carbons (Fsp3) is 0.750. The summed E-state index contributed by atoms with van der Waals surface area (Å²) in [5, 5.41) is 2.78. The number of amides is 3. The average molecular weight is 240 g/mol. The van der Waals surface area contributed by atoms with Crippen LogP contribution >= 0.6 is 0 Å². The molecule has 1 fully saturated rings. The minimum absolute atomic E-state index is 0.0893. The van der Waals surface area contributed by atoms with Crippen molar-refractivity contribution in [3.05, 3.63) is 0 Å². The van der Waals surface area contributed by atoms with Gasteiger partial charge in [-0.3, -0.25) is 19.3 Å². The molecule has 5 nitrogen and oxygen atoms in total. The van der Waals surface area contributed by atoms with Crippen LogP contribution in [-0.2, 0) is 14.4 Å². The molecule has 0 aromatic carbocycles. The van der Waals surface area contributed by atoms with Crippen molar-refractivity contribution in [1.29, 1.82) is 0 Å². The van der Waals surface area contributed by atoms with Crippen LogP contribution in [0.25, 0.3) is 0 Å². The molecule has 1 aliphatic heterocycles. The van der Waals surface area contributed by atoms with Gasteiger partial charge in [-0.2, -0.15) is 0 Å². The molecule has 1 rings (SSSR count). The second kappa shape index (κ2) is 7.04. The van der Waals surface area contributed by atoms with Crippen molar-refractivity contribution in [2.75, 3.05) is 13.1 Å². The van der Waals surface area contributed by atoms with Gasteiger partial charge in [0.2, 0.25) is 17.7 Å². The lowest BCUT2D eigenvalue weighted by atomic mass is 10.2. The molecule has 1 N–H and O–H groups in total. The molecule has 0 atom stereocenters. The quantitative estimate of drug-likeness (QED) is 0.529. The predicted octanol–water partition coefficient (Wildman–Crippen LogP) is 0.832. The molecule has 0 aromatic heterocycles. The van der Waals surface area contributed by atoms with Gasteiger partial charge >= 0.3 is 0 Å². The number of carbonyl (C=O) groups excluding carboxylic acids is 3. The smallest absolute Gasteiger partial charge is 0.229 e. The van der Waals surface area contributed by atoms with Gasteiger partial charge in [0, 0.05) is 32.4 Å². The van der Waals surface area contributed by atoms with Gasteiger partial charge in [0.05, 0.1) is 0 Å². The molecule has 1 saturated heterocycles. The van der Waals surface area contributed by atoms with E-state index >= 15 is 0 Å². The van der Waals surface area contributed by atoms with E-state index in [1.54, 1.807) is 0 Å². The van der Waals surface area contributed by atoms with Gasteiger partial charge in [-0.05, 0) is 6.42 Å². The first-order valence-electron chi connectivity index (χ1n) is 6.25. The lowest BCUT2D eigenvalue weighted by molar-refractivity contribution is -0.138. The maximum atomic E-state index is 11.4. The number of hydrogen-bond acceptors (Lipinski definition) is 3. The zero-order valence-corrected chi connectivity index (χ0v) is 10.3. The van der Waals surface area contributed by atoms with Crippen LogP contribution < -0.4 is 5.32 Å². The van der Waals surface area contributed by atoms with Crippen molar-refractivity contribution in [1.82, 2.24) is 10.2 Å². The van der Waals surface area contributed by atoms with Crippen molar-refractivity contribution >= 4 is 17.7 Å². The molecule has 17 heavy (non-hydrogen) atoms. The predicted molar refractivity (Wildman–Crippen MR) is 63.1 cm³/mol. The standard InChI is InChI=1S/C12H20N2O3/c1-2-3-4-8-13-10(15)7-9-14-11(16)5-6-12(14)17/h2-9H2,1H3,(H,13,15). The summed E-state index contributed by atoms with van der Waals surface area (Å²) in [5.41, 5.74) is 0. The first-order valence-corrected chi connectivity index (χ1v) is 6.25. The Morgan fingerprint density at radius 1 is 1.24 bits per heavy atom. The summed E-state index contributed by atoms with van der Waals surface area (Å²) in [7, 11) is 0. The summed E-state index contributed by atoms with van der Waals surface area (Å²) in [6, 6.07) is 0. The number of imide groups is 1. The molecule has 0 spiro atoms. The van der Waals surface area contributed by atoms with Gasteiger partial charge in [0.25, 0.3) is 0 Å². The van der Waals surface area contributed by atoms with Gasteiger partial charge in [0.1, 0.15) is 0 Å². The zero-order valence-electron chi connectivity index (χ0n) is 10.3. The second-order valence-electron chi connectivity index (χ2n) is 4.25. The monoisotopic (exact) mass is 240 g/mol. The van der Waals surface area contributed by atoms with E-state index in [1.807, 2.05) is 0 Å². The Morgan fingerprint density at radius 2 is 1.88 bits per heavy atom. The number of nitrogens with one attached hydrogen (secondary N) is 1. The molecule has 0 aliphatic carbocycles. The molecule has 0 radical (unpaired) electrons. The Morgan fingerprint density at radius 3 is 2.47 bits per heavy atom. The lowest BCUT2D eigenvalue weighted by Gasteiger charge is -2.13. The first-order chi connectivity index (χ1) is 8.15. The topological polar surface area (TPSA) is 66.5 Å². The summed E-state index contributed by atoms with van der Waals surface area (Å²) in [6.07, 6.45) is 3.98. The van der Waals surface area contributed by atoms with Crippen LogP contribution in [0.5, 0.6) is 0 Å². The minimum atomic E-state index is -0.159. The third-order valence-corrected chi connectivity index (χ3v) is 2.82. The zero-order chi connectivity index (χ0) is 12.7. The Kier molecular flexibility index (Phi) is 5.66. The van der Waals surface area contributed by atoms with Gasteiger partial charge in [0.15, 0.2) is 0 Å². The van der Waals surface area contributed by atoms with E-state index in [1.165, 1.54) is 4.90 Å². The number of hydrogen-bond donors (Lipinski definition) is 1. The molecule has 0 bridgehead atoms. The first kappa shape index (κ1) is 13.7. The molecule has 1 aliphatic rings. The third kappa shape index (κ3) is 4.54. The maximum absolute atomic E-state index is 11.4. The molecule has 0 saturated carbocycles. The molecule has 0 unspecified atom stereocenters. The van der Waals surface area contributed by atoms with E-state index in [0.29, 0.717) is 6.54 Å². The van der Waals surface area contributed by atoms with Crippen LogP contribution in [0.4, 0.5) is 0 Å². The molecule has 1 heterocycles. The van der Waals surface area contributed by atoms with Gasteiger partial charge in [-0.15, -0.1) is 0 Å². The summed E-state index contributed by atoms with van der Waals surface area (Å²) < 4.78 is 0. The molecule has 5 heteroatoms. The number of rotatable bonds is 7. The largest absolute Gasteiger partial charge is 0.356 e. The SMILES string of the molecule is CCCCCNC(=O)CCN1C(=O)CCC1=O. The second-order valence-corrected chi connectivity index (χ2v) is 4.25. The molecular weight excluding hydrogens is 220 g/mol. The highest BCUT2D eigenvalue weighted by Crippen LogP contribution is 2.11. The number of likely N-dealkylation sites (tertiary alicyclic amines) is 1. The van der Waals surface area contributed by atoms with Crippen molar-refractivity contribution in [2.45, 2.75) is 45.4 Å². The van der Waals surface area contributed by atoms with Crippen LogP contribution in [0, 0.1) is 0 Å². The van der Waals surface area contributed by atoms with Gasteiger partial charge in [-0.1, -0.05) is 19.8 Å². The fourth-order valence-electron chi connectivity index (χ4n) is 1.78. The molecular formula is C12H20N2O3. The van der Waals surface area contributed by atoms with Crippen molar-refractivity contribution in [3.8, 4) is 0 Å². The van der Waals surface area contributed by atoms with E-state index < -0.39 is 0 Å². The van der Waals surface area contributed by atoms with E-state index in [4.69, 9.17) is 0 Å². The number of carbonyl (C=O) groups is 3. The summed E-state index contributed by atoms with van der Waals surface area (Å²) >= 11 is 0. The fourth-order valence-corrected chi connectivity index (χ4v) is 1.78. The van der Waals surface area contributed by atoms with Crippen molar-refractivity contribution in [3.63, 3.8) is 0 Å². The van der Waals surface area contributed by atoms with E-state index in [9.17, 15) is 14.4 Å². The summed E-state index contributed by atoms with van der Waals surface area (Å²) in [4.78, 5) is 35.1. The van der Waals surface area contributed by atoms with Crippen molar-refractivity contribution in [2.24, 2.45) is 0 Å². The maximum Gasteiger partial charge on any atom is 0.229 e. The normalized spacial score (nSPS) is 15.5. The van der Waals surface area contributed by atoms with Gasteiger partial charge in [-0.25, -0.2) is 0 Å². The number of unbranched alkanes of at least 4 members (excludes halogenated alkanes) is 2. The van der Waals surface area contributed by atoms with Crippen LogP contribution in [0.3, 0.4) is 0 Å². The lowest BCUT2D eigenvalue weighted by Crippen LogP contribution is -2.34. The Bertz CT molecular complexity index is 286. The Hall–Kier alpha value is -1.39. The summed E-state index contributed by atoms with van der Waals surface area (Å²) in [5.74, 6) is -0.406. The highest BCUT2D eigenvalue weighted by atomic mass is 16.2. The Labute approximate surface area is 102 Å². The van der Waals surface area contributed by atoms with Crippen molar-refractivity contribution < 1.29 is 14.4 Å². The van der Waals surface area contributed by atoms with Gasteiger partial charge < -0.3 is 5.32 Å². The van der Waals surface area contributed by atoms with Crippen LogP contribution in [0.2, 0.25) is 0 Å². The molecule has 3 amide bonds. The average Bonchev–Trinajstić information content (AvgIpc) is 2.62. The highest BCUT2D eigenvalue weighted by Gasteiger charge is 2.28. The van der Waals surface area contributed by atoms with Crippen LogP contribution in [-0.4, -0.2) is 35.7 Å². The molecule has 0 aromatic rings. The highest BCUT2D eigenvalue weighted by molar-refractivity contribution is 6.02. The van der Waals surface area contributed by atoms with Crippen LogP contribution in [0.15, 0.2) is 0 Å². The third-order valence-electron chi connectivity index (χ3n) is 2.82. The van der Waals surface area contributed by atoms with E-state index in [0.717, 1.165) is 19.3 Å². The van der Waals surface area contributed by atoms with E-state index in [-0.39, 0.29) is 43.5 Å². The van der Waals surface area contributed by atoms with E-state index in [2.05, 4.69) is 12.2 Å². The van der Waals surface area contributed by atoms with Crippen LogP contribution in [0.1, 0.15) is 45.4 Å². The number of nitrogens with zero attached hydrogens (tertiary/aromatic N) is 1. The molecule has 96 valence electrons. The Balaban J connectivity index is 2.15. The summed E-state index contributed by atoms with van der Waals surface area (Å²) in [6.45, 7) is 3.00. The minimum Gasteiger partial charge on any atom is -0.356 e.